The zero-order chi connectivity index (χ0) is 19.4. The molecule has 2 N–H and O–H groups in total. The Bertz CT molecular complexity index is 902. The molecule has 0 radical (unpaired) electrons. The number of hydrogen-bond acceptors (Lipinski definition) is 3. The largest absolute Gasteiger partial charge is 0.318 e. The number of halogens is 2. The molecule has 3 rings (SSSR count). The zero-order valence-electron chi connectivity index (χ0n) is 14.3. The second-order valence-corrected chi connectivity index (χ2v) is 6.09. The molecule has 140 valence electrons. The van der Waals surface area contributed by atoms with Gasteiger partial charge in [0.25, 0.3) is 0 Å². The number of carbonyl (C=O) groups is 3. The molecule has 0 atom stereocenters. The minimum absolute atomic E-state index is 0.0146. The van der Waals surface area contributed by atoms with Crippen LogP contribution in [0.4, 0.5) is 25.8 Å². The number of amides is 3. The van der Waals surface area contributed by atoms with Crippen molar-refractivity contribution in [2.24, 2.45) is 0 Å². The molecule has 1 aliphatic heterocycles. The van der Waals surface area contributed by atoms with E-state index in [2.05, 4.69) is 10.6 Å². The molecular weight excluding hydrogens is 356 g/mol. The van der Waals surface area contributed by atoms with Crippen molar-refractivity contribution in [1.29, 1.82) is 0 Å². The van der Waals surface area contributed by atoms with Crippen molar-refractivity contribution in [2.75, 3.05) is 22.1 Å². The lowest BCUT2D eigenvalue weighted by atomic mass is 10.1. The molecule has 0 bridgehead atoms. The molecule has 0 saturated carbocycles. The summed E-state index contributed by atoms with van der Waals surface area (Å²) in [4.78, 5) is 37.6. The highest BCUT2D eigenvalue weighted by Gasteiger charge is 2.20. The van der Waals surface area contributed by atoms with Crippen LogP contribution in [0.5, 0.6) is 0 Å². The maximum absolute atomic E-state index is 13.2. The fourth-order valence-corrected chi connectivity index (χ4v) is 2.78. The van der Waals surface area contributed by atoms with Crippen molar-refractivity contribution in [1.82, 2.24) is 0 Å². The number of carbonyl (C=O) groups excluding carboxylic acids is 3. The van der Waals surface area contributed by atoms with Crippen LogP contribution in [0.15, 0.2) is 42.5 Å². The monoisotopic (exact) mass is 373 g/mol. The Morgan fingerprint density at radius 2 is 1.59 bits per heavy atom. The second-order valence-electron chi connectivity index (χ2n) is 6.09. The summed E-state index contributed by atoms with van der Waals surface area (Å²) in [7, 11) is 0. The van der Waals surface area contributed by atoms with Crippen molar-refractivity contribution >= 4 is 34.8 Å². The van der Waals surface area contributed by atoms with E-state index in [1.807, 2.05) is 0 Å². The molecule has 8 heteroatoms. The molecule has 27 heavy (non-hydrogen) atoms. The predicted molar refractivity (Wildman–Crippen MR) is 96.3 cm³/mol. The highest BCUT2D eigenvalue weighted by molar-refractivity contribution is 6.43. The van der Waals surface area contributed by atoms with Crippen molar-refractivity contribution in [3.63, 3.8) is 0 Å². The maximum Gasteiger partial charge on any atom is 0.314 e. The lowest BCUT2D eigenvalue weighted by Crippen LogP contribution is -2.35. The van der Waals surface area contributed by atoms with E-state index in [9.17, 15) is 23.2 Å². The smallest absolute Gasteiger partial charge is 0.314 e. The van der Waals surface area contributed by atoms with Gasteiger partial charge in [0.05, 0.1) is 0 Å². The van der Waals surface area contributed by atoms with E-state index < -0.39 is 23.4 Å². The number of piperidine rings is 1. The van der Waals surface area contributed by atoms with E-state index in [0.717, 1.165) is 31.0 Å². The lowest BCUT2D eigenvalue weighted by molar-refractivity contribution is -0.133. The summed E-state index contributed by atoms with van der Waals surface area (Å²) >= 11 is 0. The minimum Gasteiger partial charge on any atom is -0.318 e. The fraction of sp³-hybridized carbons (Fsp3) is 0.211. The summed E-state index contributed by atoms with van der Waals surface area (Å²) in [5.74, 6) is -4.17. The summed E-state index contributed by atoms with van der Waals surface area (Å²) in [6, 6.07) is 9.38. The van der Waals surface area contributed by atoms with Crippen LogP contribution >= 0.6 is 0 Å². The van der Waals surface area contributed by atoms with Gasteiger partial charge in [-0.25, -0.2) is 8.78 Å². The number of nitrogens with zero attached hydrogens (tertiary/aromatic N) is 1. The van der Waals surface area contributed by atoms with Crippen LogP contribution in [0.3, 0.4) is 0 Å². The first-order valence-corrected chi connectivity index (χ1v) is 8.42. The Balaban J connectivity index is 1.66. The summed E-state index contributed by atoms with van der Waals surface area (Å²) in [5.41, 5.74) is 0.941. The standard InChI is InChI=1S/C19H17F2N3O3/c20-15-8-7-13(11-16(15)21)23-19(27)18(26)22-12-4-3-5-14(10-12)24-9-2-1-6-17(24)25/h3-5,7-8,10-11H,1-2,6,9H2,(H,22,26)(H,23,27). The van der Waals surface area contributed by atoms with Crippen LogP contribution in [-0.2, 0) is 14.4 Å². The maximum atomic E-state index is 13.2. The molecule has 0 unspecified atom stereocenters. The molecule has 0 aliphatic carbocycles. The van der Waals surface area contributed by atoms with E-state index in [-0.39, 0.29) is 11.6 Å². The third-order valence-corrected chi connectivity index (χ3v) is 4.12. The summed E-state index contributed by atoms with van der Waals surface area (Å²) in [5, 5.41) is 4.62. The van der Waals surface area contributed by atoms with Gasteiger partial charge < -0.3 is 15.5 Å². The Kier molecular flexibility index (Phi) is 5.44. The van der Waals surface area contributed by atoms with Crippen molar-refractivity contribution in [3.8, 4) is 0 Å². The van der Waals surface area contributed by atoms with Crippen LogP contribution in [0.2, 0.25) is 0 Å². The quantitative estimate of drug-likeness (QED) is 0.812. The van der Waals surface area contributed by atoms with Gasteiger partial charge in [0.1, 0.15) is 0 Å². The summed E-state index contributed by atoms with van der Waals surface area (Å²) in [6.45, 7) is 0.604. The molecule has 1 saturated heterocycles. The molecule has 1 heterocycles. The average Bonchev–Trinajstić information content (AvgIpc) is 2.65. The Hall–Kier alpha value is -3.29. The van der Waals surface area contributed by atoms with Crippen molar-refractivity contribution < 1.29 is 23.2 Å². The highest BCUT2D eigenvalue weighted by Crippen LogP contribution is 2.24. The van der Waals surface area contributed by atoms with Gasteiger partial charge in [-0.1, -0.05) is 6.07 Å². The third kappa shape index (κ3) is 4.46. The molecule has 2 aromatic carbocycles. The first-order valence-electron chi connectivity index (χ1n) is 8.42. The molecule has 0 aromatic heterocycles. The summed E-state index contributed by atoms with van der Waals surface area (Å²) < 4.78 is 26.1. The molecule has 2 aromatic rings. The number of hydrogen-bond donors (Lipinski definition) is 2. The number of anilines is 3. The van der Waals surface area contributed by atoms with Crippen LogP contribution in [0.25, 0.3) is 0 Å². The van der Waals surface area contributed by atoms with E-state index in [1.54, 1.807) is 29.2 Å². The van der Waals surface area contributed by atoms with Crippen LogP contribution in [0, 0.1) is 11.6 Å². The van der Waals surface area contributed by atoms with Gasteiger partial charge in [0, 0.05) is 36.1 Å². The van der Waals surface area contributed by atoms with Gasteiger partial charge in [-0.3, -0.25) is 14.4 Å². The van der Waals surface area contributed by atoms with E-state index in [4.69, 9.17) is 0 Å². The zero-order valence-corrected chi connectivity index (χ0v) is 14.3. The predicted octanol–water partition coefficient (Wildman–Crippen LogP) is 3.06. The lowest BCUT2D eigenvalue weighted by Gasteiger charge is -2.27. The topological polar surface area (TPSA) is 78.5 Å². The fourth-order valence-electron chi connectivity index (χ4n) is 2.78. The van der Waals surface area contributed by atoms with E-state index in [0.29, 0.717) is 24.3 Å². The molecular formula is C19H17F2N3O3. The van der Waals surface area contributed by atoms with Gasteiger partial charge in [0.15, 0.2) is 11.6 Å². The Morgan fingerprint density at radius 1 is 0.889 bits per heavy atom. The van der Waals surface area contributed by atoms with Crippen LogP contribution in [-0.4, -0.2) is 24.3 Å². The average molecular weight is 373 g/mol. The number of rotatable bonds is 3. The first kappa shape index (κ1) is 18.5. The highest BCUT2D eigenvalue weighted by atomic mass is 19.2. The molecule has 6 nitrogen and oxygen atoms in total. The SMILES string of the molecule is O=C(Nc1cccc(N2CCCCC2=O)c1)C(=O)Nc1ccc(F)c(F)c1. The molecule has 1 fully saturated rings. The van der Waals surface area contributed by atoms with Crippen molar-refractivity contribution in [2.45, 2.75) is 19.3 Å². The number of benzene rings is 2. The normalized spacial score (nSPS) is 14.0. The first-order chi connectivity index (χ1) is 12.9. The third-order valence-electron chi connectivity index (χ3n) is 4.12. The Labute approximate surface area is 154 Å². The van der Waals surface area contributed by atoms with Gasteiger partial charge >= 0.3 is 11.8 Å². The summed E-state index contributed by atoms with van der Waals surface area (Å²) in [6.07, 6.45) is 2.24. The molecule has 3 amide bonds. The van der Waals surface area contributed by atoms with Gasteiger partial charge in [0.2, 0.25) is 5.91 Å². The Morgan fingerprint density at radius 3 is 2.26 bits per heavy atom. The van der Waals surface area contributed by atoms with Gasteiger partial charge in [-0.2, -0.15) is 0 Å². The molecule has 1 aliphatic rings. The van der Waals surface area contributed by atoms with Gasteiger partial charge in [-0.15, -0.1) is 0 Å². The minimum atomic E-state index is -1.13. The van der Waals surface area contributed by atoms with Gasteiger partial charge in [-0.05, 0) is 43.2 Å². The number of nitrogens with one attached hydrogen (secondary N) is 2. The van der Waals surface area contributed by atoms with E-state index in [1.165, 1.54) is 0 Å². The van der Waals surface area contributed by atoms with E-state index >= 15 is 0 Å². The molecule has 0 spiro atoms. The van der Waals surface area contributed by atoms with Crippen LogP contribution < -0.4 is 15.5 Å². The van der Waals surface area contributed by atoms with Crippen LogP contribution in [0.1, 0.15) is 19.3 Å². The van der Waals surface area contributed by atoms with Crippen molar-refractivity contribution in [3.05, 3.63) is 54.1 Å². The second kappa shape index (κ2) is 7.94.